The van der Waals surface area contributed by atoms with Crippen LogP contribution in [0.15, 0.2) is 67.0 Å². The van der Waals surface area contributed by atoms with E-state index in [1.807, 2.05) is 30.9 Å². The van der Waals surface area contributed by atoms with Gasteiger partial charge in [-0.2, -0.15) is 0 Å². The molecule has 0 saturated carbocycles. The molecule has 0 unspecified atom stereocenters. The highest BCUT2D eigenvalue weighted by Crippen LogP contribution is 2.31. The first-order valence-corrected chi connectivity index (χ1v) is 12.4. The first-order chi connectivity index (χ1) is 16.6. The number of fused-ring (bicyclic) bond motifs is 1. The van der Waals surface area contributed by atoms with Crippen molar-refractivity contribution in [3.63, 3.8) is 0 Å². The number of ether oxygens (including phenoxy) is 1. The van der Waals surface area contributed by atoms with Crippen molar-refractivity contribution >= 4 is 11.6 Å². The molecule has 1 aromatic heterocycles. The van der Waals surface area contributed by atoms with Crippen LogP contribution >= 0.6 is 0 Å². The molecule has 5 heteroatoms. The van der Waals surface area contributed by atoms with E-state index in [1.165, 1.54) is 19.3 Å². The van der Waals surface area contributed by atoms with Crippen molar-refractivity contribution < 1.29 is 9.53 Å². The van der Waals surface area contributed by atoms with Crippen molar-refractivity contribution in [3.8, 4) is 16.9 Å². The maximum atomic E-state index is 13.5. The molecule has 0 saturated heterocycles. The third-order valence-corrected chi connectivity index (χ3v) is 6.13. The summed E-state index contributed by atoms with van der Waals surface area (Å²) in [6.07, 6.45) is 9.24. The number of amides is 1. The van der Waals surface area contributed by atoms with Crippen molar-refractivity contribution in [2.75, 3.05) is 18.0 Å². The summed E-state index contributed by atoms with van der Waals surface area (Å²) in [4.78, 5) is 19.6. The van der Waals surface area contributed by atoms with E-state index < -0.39 is 0 Å². The van der Waals surface area contributed by atoms with Crippen LogP contribution in [0.5, 0.6) is 5.75 Å². The predicted molar refractivity (Wildman–Crippen MR) is 138 cm³/mol. The topological polar surface area (TPSA) is 54.5 Å². The average Bonchev–Trinajstić information content (AvgIpc) is 2.84. The standard InChI is InChI=1S/C29H35N3O2/c1-22(2)34-27-10-8-9-24(20-27)25-11-12-28-26(19-25)21-31-15-6-4-3-5-7-18-32(28)29(33)23-13-16-30-17-14-23/h8-14,16-17,19-20,22,31H,3-7,15,18,21H2,1-2H3. The number of pyridine rings is 1. The summed E-state index contributed by atoms with van der Waals surface area (Å²) in [6.45, 7) is 6.50. The average molecular weight is 458 g/mol. The first kappa shape index (κ1) is 24.0. The zero-order chi connectivity index (χ0) is 23.8. The van der Waals surface area contributed by atoms with Crippen LogP contribution in [0.4, 0.5) is 5.69 Å². The molecule has 4 rings (SSSR count). The zero-order valence-corrected chi connectivity index (χ0v) is 20.3. The van der Waals surface area contributed by atoms with Gasteiger partial charge >= 0.3 is 0 Å². The van der Waals surface area contributed by atoms with Crippen LogP contribution in [-0.4, -0.2) is 30.1 Å². The molecule has 1 amide bonds. The molecule has 178 valence electrons. The molecule has 3 aromatic rings. The van der Waals surface area contributed by atoms with Crippen molar-refractivity contribution in [3.05, 3.63) is 78.1 Å². The number of carbonyl (C=O) groups is 1. The Morgan fingerprint density at radius 2 is 1.71 bits per heavy atom. The lowest BCUT2D eigenvalue weighted by molar-refractivity contribution is 0.0986. The summed E-state index contributed by atoms with van der Waals surface area (Å²) < 4.78 is 5.91. The first-order valence-electron chi connectivity index (χ1n) is 12.4. The number of nitrogens with one attached hydrogen (secondary N) is 1. The molecule has 1 aliphatic heterocycles. The smallest absolute Gasteiger partial charge is 0.258 e. The number of hydrogen-bond donors (Lipinski definition) is 1. The van der Waals surface area contributed by atoms with Crippen molar-refractivity contribution in [1.82, 2.24) is 10.3 Å². The summed E-state index contributed by atoms with van der Waals surface area (Å²) in [7, 11) is 0. The van der Waals surface area contributed by atoms with E-state index in [1.54, 1.807) is 24.5 Å². The fraction of sp³-hybridized carbons (Fsp3) is 0.379. The molecule has 0 spiro atoms. The summed E-state index contributed by atoms with van der Waals surface area (Å²) in [5, 5.41) is 3.60. The van der Waals surface area contributed by atoms with Crippen LogP contribution in [0.3, 0.4) is 0 Å². The number of hydrogen-bond acceptors (Lipinski definition) is 4. The van der Waals surface area contributed by atoms with Crippen molar-refractivity contribution in [2.24, 2.45) is 0 Å². The summed E-state index contributed by atoms with van der Waals surface area (Å²) in [5.41, 5.74) is 5.02. The fourth-order valence-electron chi connectivity index (χ4n) is 4.45. The lowest BCUT2D eigenvalue weighted by Crippen LogP contribution is -2.33. The quantitative estimate of drug-likeness (QED) is 0.504. The third-order valence-electron chi connectivity index (χ3n) is 6.13. The zero-order valence-electron chi connectivity index (χ0n) is 20.3. The Morgan fingerprint density at radius 1 is 0.941 bits per heavy atom. The van der Waals surface area contributed by atoms with Gasteiger partial charge in [0.1, 0.15) is 5.75 Å². The van der Waals surface area contributed by atoms with E-state index in [-0.39, 0.29) is 12.0 Å². The van der Waals surface area contributed by atoms with E-state index in [0.717, 1.165) is 54.1 Å². The molecule has 0 radical (unpaired) electrons. The Bertz CT molecular complexity index is 1080. The molecule has 1 aliphatic rings. The van der Waals surface area contributed by atoms with Gasteiger partial charge in [-0.05, 0) is 86.3 Å². The van der Waals surface area contributed by atoms with Gasteiger partial charge < -0.3 is 15.0 Å². The van der Waals surface area contributed by atoms with Gasteiger partial charge in [-0.1, -0.05) is 37.5 Å². The third kappa shape index (κ3) is 6.23. The molecule has 0 atom stereocenters. The largest absolute Gasteiger partial charge is 0.491 e. The van der Waals surface area contributed by atoms with Gasteiger partial charge in [0.15, 0.2) is 0 Å². The SMILES string of the molecule is CC(C)Oc1cccc(-c2ccc3c(c2)CNCCCCCCCN3C(=O)c2ccncc2)c1. The Balaban J connectivity index is 1.71. The van der Waals surface area contributed by atoms with Gasteiger partial charge in [0.2, 0.25) is 0 Å². The Morgan fingerprint density at radius 3 is 2.53 bits per heavy atom. The maximum Gasteiger partial charge on any atom is 0.258 e. The minimum absolute atomic E-state index is 0.0285. The van der Waals surface area contributed by atoms with E-state index in [4.69, 9.17) is 4.74 Å². The highest BCUT2D eigenvalue weighted by atomic mass is 16.5. The van der Waals surface area contributed by atoms with E-state index in [0.29, 0.717) is 12.1 Å². The van der Waals surface area contributed by atoms with Crippen LogP contribution in [0.2, 0.25) is 0 Å². The second kappa shape index (κ2) is 11.8. The minimum Gasteiger partial charge on any atom is -0.491 e. The number of carbonyl (C=O) groups excluding carboxylic acids is 1. The van der Waals surface area contributed by atoms with Gasteiger partial charge in [0, 0.05) is 36.7 Å². The van der Waals surface area contributed by atoms with Crippen molar-refractivity contribution in [2.45, 2.75) is 58.6 Å². The summed E-state index contributed by atoms with van der Waals surface area (Å²) in [5.74, 6) is 0.897. The van der Waals surface area contributed by atoms with Gasteiger partial charge in [0.25, 0.3) is 5.91 Å². The van der Waals surface area contributed by atoms with Crippen molar-refractivity contribution in [1.29, 1.82) is 0 Å². The highest BCUT2D eigenvalue weighted by Gasteiger charge is 2.21. The number of benzene rings is 2. The molecule has 34 heavy (non-hydrogen) atoms. The monoisotopic (exact) mass is 457 g/mol. The Labute approximate surface area is 203 Å². The Hall–Kier alpha value is -3.18. The molecule has 2 heterocycles. The highest BCUT2D eigenvalue weighted by molar-refractivity contribution is 6.06. The molecule has 1 N–H and O–H groups in total. The molecular formula is C29H35N3O2. The van der Waals surface area contributed by atoms with Crippen LogP contribution < -0.4 is 15.0 Å². The number of rotatable bonds is 4. The second-order valence-electron chi connectivity index (χ2n) is 9.18. The van der Waals surface area contributed by atoms with Crippen LogP contribution in [0, 0.1) is 0 Å². The molecule has 2 aromatic carbocycles. The van der Waals surface area contributed by atoms with E-state index >= 15 is 0 Å². The Kier molecular flexibility index (Phi) is 8.31. The van der Waals surface area contributed by atoms with Gasteiger partial charge in [-0.25, -0.2) is 0 Å². The molecular weight excluding hydrogens is 422 g/mol. The van der Waals surface area contributed by atoms with Crippen LogP contribution in [-0.2, 0) is 6.54 Å². The fourth-order valence-corrected chi connectivity index (χ4v) is 4.45. The number of aromatic nitrogens is 1. The van der Waals surface area contributed by atoms with Gasteiger partial charge in [-0.3, -0.25) is 9.78 Å². The summed E-state index contributed by atoms with van der Waals surface area (Å²) >= 11 is 0. The maximum absolute atomic E-state index is 13.5. The lowest BCUT2D eigenvalue weighted by Gasteiger charge is -2.27. The predicted octanol–water partition coefficient (Wildman–Crippen LogP) is 6.24. The minimum atomic E-state index is 0.0285. The number of anilines is 1. The van der Waals surface area contributed by atoms with Gasteiger partial charge in [0.05, 0.1) is 6.10 Å². The van der Waals surface area contributed by atoms with Crippen LogP contribution in [0.1, 0.15) is 61.9 Å². The van der Waals surface area contributed by atoms with Crippen LogP contribution in [0.25, 0.3) is 11.1 Å². The summed E-state index contributed by atoms with van der Waals surface area (Å²) in [6, 6.07) is 18.3. The molecule has 0 bridgehead atoms. The van der Waals surface area contributed by atoms with E-state index in [2.05, 4.69) is 40.6 Å². The molecule has 0 aliphatic carbocycles. The lowest BCUT2D eigenvalue weighted by atomic mass is 10.00. The second-order valence-corrected chi connectivity index (χ2v) is 9.18. The van der Waals surface area contributed by atoms with E-state index in [9.17, 15) is 4.79 Å². The normalized spacial score (nSPS) is 15.2. The molecule has 0 fully saturated rings. The van der Waals surface area contributed by atoms with Gasteiger partial charge in [-0.15, -0.1) is 0 Å². The molecule has 5 nitrogen and oxygen atoms in total. The number of nitrogens with zero attached hydrogens (tertiary/aromatic N) is 2.